The van der Waals surface area contributed by atoms with Gasteiger partial charge in [0.1, 0.15) is 23.1 Å². The maximum absolute atomic E-state index is 13.2. The lowest BCUT2D eigenvalue weighted by molar-refractivity contribution is -0.135. The number of fused-ring (bicyclic) bond motifs is 1. The van der Waals surface area contributed by atoms with Crippen molar-refractivity contribution in [3.05, 3.63) is 50.5 Å². The van der Waals surface area contributed by atoms with Crippen LogP contribution < -0.4 is 21.9 Å². The van der Waals surface area contributed by atoms with E-state index in [1.54, 1.807) is 30.5 Å². The maximum atomic E-state index is 13.2. The van der Waals surface area contributed by atoms with Gasteiger partial charge >= 0.3 is 0 Å². The third-order valence-corrected chi connectivity index (χ3v) is 5.93. The predicted molar refractivity (Wildman–Crippen MR) is 115 cm³/mol. The van der Waals surface area contributed by atoms with Crippen LogP contribution in [0.15, 0.2) is 28.4 Å². The van der Waals surface area contributed by atoms with Crippen molar-refractivity contribution in [2.45, 2.75) is 32.2 Å². The van der Waals surface area contributed by atoms with Crippen molar-refractivity contribution in [3.8, 4) is 0 Å². The number of hydrogen-bond donors (Lipinski definition) is 3. The Morgan fingerprint density at radius 2 is 2.13 bits per heavy atom. The van der Waals surface area contributed by atoms with Crippen LogP contribution in [-0.4, -0.2) is 38.8 Å². The molecular formula is C20H20N6O4S. The van der Waals surface area contributed by atoms with Gasteiger partial charge in [0.05, 0.1) is 16.1 Å². The number of aryl methyl sites for hydroxylation is 1. The molecule has 11 heteroatoms. The molecule has 1 atom stereocenters. The monoisotopic (exact) mass is 440 g/mol. The molecule has 1 fully saturated rings. The highest BCUT2D eigenvalue weighted by molar-refractivity contribution is 7.09. The summed E-state index contributed by atoms with van der Waals surface area (Å²) in [5, 5.41) is 7.71. The zero-order valence-corrected chi connectivity index (χ0v) is 17.5. The minimum atomic E-state index is -0.809. The lowest BCUT2D eigenvalue weighted by Crippen LogP contribution is -2.45. The van der Waals surface area contributed by atoms with Crippen LogP contribution in [0.1, 0.15) is 40.2 Å². The number of amides is 3. The molecule has 0 bridgehead atoms. The third kappa shape index (κ3) is 3.97. The Labute approximate surface area is 180 Å². The molecule has 4 rings (SSSR count). The molecule has 0 aliphatic carbocycles. The number of carbonyl (C=O) groups is 3. The molecule has 1 unspecified atom stereocenters. The van der Waals surface area contributed by atoms with Crippen LogP contribution in [0.2, 0.25) is 0 Å². The number of nitrogens with one attached hydrogen (secondary N) is 2. The second kappa shape index (κ2) is 8.36. The number of rotatable bonds is 5. The number of nitrogens with two attached hydrogens (primary N) is 1. The fourth-order valence-electron chi connectivity index (χ4n) is 3.57. The normalized spacial score (nSPS) is 16.4. The lowest BCUT2D eigenvalue weighted by Gasteiger charge is -2.24. The number of benzene rings is 1. The number of carbonyl (C=O) groups excluding carboxylic acids is 3. The Kier molecular flexibility index (Phi) is 5.61. The molecule has 0 saturated carbocycles. The maximum Gasteiger partial charge on any atom is 0.275 e. The molecule has 1 aliphatic rings. The van der Waals surface area contributed by atoms with E-state index in [4.69, 9.17) is 5.73 Å². The van der Waals surface area contributed by atoms with E-state index in [0.29, 0.717) is 30.0 Å². The van der Waals surface area contributed by atoms with Crippen molar-refractivity contribution < 1.29 is 14.4 Å². The van der Waals surface area contributed by atoms with Gasteiger partial charge in [0.2, 0.25) is 11.8 Å². The molecule has 160 valence electrons. The summed E-state index contributed by atoms with van der Waals surface area (Å²) in [5.41, 5.74) is 6.06. The van der Waals surface area contributed by atoms with E-state index in [-0.39, 0.29) is 29.8 Å². The van der Waals surface area contributed by atoms with Crippen LogP contribution in [0.3, 0.4) is 0 Å². The molecule has 3 amide bonds. The van der Waals surface area contributed by atoms with E-state index in [1.165, 1.54) is 15.9 Å². The lowest BCUT2D eigenvalue weighted by atomic mass is 10.1. The highest BCUT2D eigenvalue weighted by Gasteiger charge is 2.30. The average Bonchev–Trinajstić information content (AvgIpc) is 3.19. The largest absolute Gasteiger partial charge is 0.330 e. The van der Waals surface area contributed by atoms with Crippen LogP contribution in [-0.2, 0) is 16.0 Å². The van der Waals surface area contributed by atoms with E-state index in [9.17, 15) is 19.2 Å². The first-order valence-corrected chi connectivity index (χ1v) is 10.6. The summed E-state index contributed by atoms with van der Waals surface area (Å²) in [7, 11) is 0. The molecular weight excluding hydrogens is 420 g/mol. The summed E-state index contributed by atoms with van der Waals surface area (Å²) in [6.45, 7) is 2.06. The van der Waals surface area contributed by atoms with E-state index in [1.807, 2.05) is 0 Å². The second-order valence-corrected chi connectivity index (χ2v) is 8.06. The van der Waals surface area contributed by atoms with Crippen molar-refractivity contribution in [3.63, 3.8) is 0 Å². The van der Waals surface area contributed by atoms with Gasteiger partial charge in [-0.2, -0.15) is 0 Å². The van der Waals surface area contributed by atoms with Gasteiger partial charge in [0, 0.05) is 18.2 Å². The van der Waals surface area contributed by atoms with Gasteiger partial charge in [-0.15, -0.1) is 11.3 Å². The van der Waals surface area contributed by atoms with Gasteiger partial charge < -0.3 is 11.1 Å². The SMILES string of the molecule is Cc1nc2c(NC(=O)c3csc(CCN)n3)cccc2c(=O)n1C1CCC(=O)NC1=O. The zero-order valence-electron chi connectivity index (χ0n) is 16.7. The number of nitrogens with zero attached hydrogens (tertiary/aromatic N) is 3. The third-order valence-electron chi connectivity index (χ3n) is 5.02. The molecule has 10 nitrogen and oxygen atoms in total. The van der Waals surface area contributed by atoms with Gasteiger partial charge in [-0.3, -0.25) is 29.1 Å². The fourth-order valence-corrected chi connectivity index (χ4v) is 4.36. The quantitative estimate of drug-likeness (QED) is 0.499. The molecule has 1 saturated heterocycles. The standard InChI is InChI=1S/C20H20N6O4S/c1-10-22-17-11(20(30)26(10)14-5-6-15(27)25-19(14)29)3-2-4-12(17)24-18(28)13-9-31-16(23-13)7-8-21/h2-4,9,14H,5-8,21H2,1H3,(H,24,28)(H,25,27,29). The minimum absolute atomic E-state index is 0.149. The Morgan fingerprint density at radius 3 is 2.87 bits per heavy atom. The number of anilines is 1. The molecule has 2 aromatic heterocycles. The summed E-state index contributed by atoms with van der Waals surface area (Å²) in [6, 6.07) is 4.06. The smallest absolute Gasteiger partial charge is 0.275 e. The van der Waals surface area contributed by atoms with Crippen molar-refractivity contribution in [2.75, 3.05) is 11.9 Å². The van der Waals surface area contributed by atoms with Crippen molar-refractivity contribution in [1.82, 2.24) is 19.9 Å². The number of hydrogen-bond acceptors (Lipinski definition) is 8. The highest BCUT2D eigenvalue weighted by atomic mass is 32.1. The van der Waals surface area contributed by atoms with E-state index < -0.39 is 23.4 Å². The van der Waals surface area contributed by atoms with E-state index in [2.05, 4.69) is 20.6 Å². The number of para-hydroxylation sites is 1. The highest BCUT2D eigenvalue weighted by Crippen LogP contribution is 2.24. The molecule has 0 spiro atoms. The first-order valence-electron chi connectivity index (χ1n) is 9.70. The van der Waals surface area contributed by atoms with Crippen LogP contribution in [0.4, 0.5) is 5.69 Å². The Balaban J connectivity index is 1.70. The molecule has 1 aliphatic heterocycles. The van der Waals surface area contributed by atoms with Crippen molar-refractivity contribution in [1.29, 1.82) is 0 Å². The molecule has 0 radical (unpaired) electrons. The summed E-state index contributed by atoms with van der Waals surface area (Å²) in [5.74, 6) is -0.986. The molecule has 31 heavy (non-hydrogen) atoms. The Bertz CT molecular complexity index is 1260. The van der Waals surface area contributed by atoms with Crippen LogP contribution in [0.5, 0.6) is 0 Å². The molecule has 3 heterocycles. The molecule has 4 N–H and O–H groups in total. The van der Waals surface area contributed by atoms with Gasteiger partial charge in [0.25, 0.3) is 11.5 Å². The predicted octanol–water partition coefficient (Wildman–Crippen LogP) is 0.893. The van der Waals surface area contributed by atoms with Gasteiger partial charge in [-0.1, -0.05) is 6.07 Å². The van der Waals surface area contributed by atoms with Crippen molar-refractivity contribution >= 4 is 45.6 Å². The van der Waals surface area contributed by atoms with Crippen LogP contribution >= 0.6 is 11.3 Å². The molecule has 1 aromatic carbocycles. The summed E-state index contributed by atoms with van der Waals surface area (Å²) in [6.07, 6.45) is 0.965. The number of imide groups is 1. The summed E-state index contributed by atoms with van der Waals surface area (Å²) >= 11 is 1.36. The first-order chi connectivity index (χ1) is 14.9. The Hall–Kier alpha value is -3.44. The van der Waals surface area contributed by atoms with Crippen molar-refractivity contribution in [2.24, 2.45) is 5.73 Å². The average molecular weight is 440 g/mol. The van der Waals surface area contributed by atoms with Crippen LogP contribution in [0.25, 0.3) is 10.9 Å². The van der Waals surface area contributed by atoms with Gasteiger partial charge in [0.15, 0.2) is 0 Å². The van der Waals surface area contributed by atoms with Crippen LogP contribution in [0, 0.1) is 6.92 Å². The summed E-state index contributed by atoms with van der Waals surface area (Å²) < 4.78 is 1.30. The van der Waals surface area contributed by atoms with E-state index in [0.717, 1.165) is 5.01 Å². The Morgan fingerprint density at radius 1 is 1.32 bits per heavy atom. The molecule has 3 aromatic rings. The number of aromatic nitrogens is 3. The zero-order chi connectivity index (χ0) is 22.1. The second-order valence-electron chi connectivity index (χ2n) is 7.12. The topological polar surface area (TPSA) is 149 Å². The van der Waals surface area contributed by atoms with Gasteiger partial charge in [-0.05, 0) is 32.0 Å². The fraction of sp³-hybridized carbons (Fsp3) is 0.300. The summed E-state index contributed by atoms with van der Waals surface area (Å²) in [4.78, 5) is 58.3. The first kappa shape index (κ1) is 20.8. The van der Waals surface area contributed by atoms with E-state index >= 15 is 0 Å². The van der Waals surface area contributed by atoms with Gasteiger partial charge in [-0.25, -0.2) is 9.97 Å². The minimum Gasteiger partial charge on any atom is -0.330 e. The number of thiazole rings is 1. The number of piperidine rings is 1.